The van der Waals surface area contributed by atoms with Crippen molar-refractivity contribution >= 4 is 12.0 Å². The highest BCUT2D eigenvalue weighted by Gasteiger charge is 2.35. The van der Waals surface area contributed by atoms with Gasteiger partial charge in [-0.1, -0.05) is 18.2 Å². The third-order valence-corrected chi connectivity index (χ3v) is 7.49. The first-order valence-electron chi connectivity index (χ1n) is 13.5. The van der Waals surface area contributed by atoms with Gasteiger partial charge in [0.05, 0.1) is 6.61 Å². The number of nitrogens with one attached hydrogen (secondary N) is 2. The molecule has 37 heavy (non-hydrogen) atoms. The van der Waals surface area contributed by atoms with Crippen LogP contribution in [0.1, 0.15) is 67.2 Å². The van der Waals surface area contributed by atoms with Crippen LogP contribution in [-0.2, 0) is 29.5 Å². The number of amides is 2. The highest BCUT2D eigenvalue weighted by molar-refractivity contribution is 5.75. The van der Waals surface area contributed by atoms with Crippen LogP contribution in [0.2, 0.25) is 0 Å². The Morgan fingerprint density at radius 2 is 2.00 bits per heavy atom. The van der Waals surface area contributed by atoms with Crippen LogP contribution in [0.25, 0.3) is 0 Å². The van der Waals surface area contributed by atoms with E-state index < -0.39 is 0 Å². The predicted octanol–water partition coefficient (Wildman–Crippen LogP) is 3.40. The number of nitrogens with zero attached hydrogens (tertiary/aromatic N) is 2. The summed E-state index contributed by atoms with van der Waals surface area (Å²) in [6.45, 7) is 6.41. The van der Waals surface area contributed by atoms with Gasteiger partial charge in [0.1, 0.15) is 0 Å². The number of hydrogen-bond acceptors (Lipinski definition) is 5. The summed E-state index contributed by atoms with van der Waals surface area (Å²) in [4.78, 5) is 39.4. The second kappa shape index (κ2) is 12.4. The number of hydrogen-bond donors (Lipinski definition) is 2. The molecule has 2 aliphatic rings. The molecule has 2 fully saturated rings. The van der Waals surface area contributed by atoms with Crippen LogP contribution in [0.4, 0.5) is 4.79 Å². The molecule has 0 bridgehead atoms. The maximum Gasteiger partial charge on any atom is 0.318 e. The lowest BCUT2D eigenvalue weighted by molar-refractivity contribution is -0.143. The van der Waals surface area contributed by atoms with E-state index in [4.69, 9.17) is 4.74 Å². The van der Waals surface area contributed by atoms with Gasteiger partial charge in [-0.05, 0) is 80.8 Å². The number of aromatic nitrogens is 1. The molecule has 8 heteroatoms. The number of urea groups is 1. The van der Waals surface area contributed by atoms with Crippen molar-refractivity contribution in [2.45, 2.75) is 76.9 Å². The molecule has 2 N–H and O–H groups in total. The molecule has 4 rings (SSSR count). The Balaban J connectivity index is 1.42. The van der Waals surface area contributed by atoms with Gasteiger partial charge < -0.3 is 24.8 Å². The van der Waals surface area contributed by atoms with E-state index in [2.05, 4.69) is 35.8 Å². The van der Waals surface area contributed by atoms with E-state index in [1.807, 2.05) is 17.9 Å². The van der Waals surface area contributed by atoms with E-state index in [9.17, 15) is 14.4 Å². The number of carbonyl (C=O) groups excluding carboxylic acids is 2. The zero-order valence-corrected chi connectivity index (χ0v) is 22.3. The second-order valence-corrected chi connectivity index (χ2v) is 10.3. The first kappa shape index (κ1) is 26.9. The number of benzene rings is 1. The van der Waals surface area contributed by atoms with Gasteiger partial charge >= 0.3 is 12.0 Å². The van der Waals surface area contributed by atoms with Crippen LogP contribution in [0.5, 0.6) is 0 Å². The van der Waals surface area contributed by atoms with Gasteiger partial charge in [-0.15, -0.1) is 0 Å². The Morgan fingerprint density at radius 1 is 1.19 bits per heavy atom. The largest absolute Gasteiger partial charge is 0.466 e. The minimum Gasteiger partial charge on any atom is -0.466 e. The van der Waals surface area contributed by atoms with E-state index in [0.717, 1.165) is 49.8 Å². The molecule has 1 aliphatic carbocycles. The molecule has 2 heterocycles. The summed E-state index contributed by atoms with van der Waals surface area (Å²) in [5.41, 5.74) is 4.46. The minimum atomic E-state index is -0.153. The van der Waals surface area contributed by atoms with Crippen molar-refractivity contribution in [2.24, 2.45) is 7.05 Å². The van der Waals surface area contributed by atoms with E-state index in [1.54, 1.807) is 23.9 Å². The zero-order valence-electron chi connectivity index (χ0n) is 22.3. The quantitative estimate of drug-likeness (QED) is 0.480. The number of esters is 1. The molecule has 1 saturated carbocycles. The van der Waals surface area contributed by atoms with Crippen molar-refractivity contribution in [2.75, 3.05) is 19.7 Å². The minimum absolute atomic E-state index is 0.0295. The van der Waals surface area contributed by atoms with Gasteiger partial charge in [0, 0.05) is 56.8 Å². The standard InChI is InChI=1S/C29H40N4O4/c1-4-37-28(35)7-5-6-22-16-21(9-8-20(22)2)19-33(24-10-11-24)29(36)31-26-18-30-14-12-25(26)23-13-15-32(3)27(34)17-23/h8-9,13,15-17,24-26,30H,4-7,10-12,14,18-19H2,1-3H3,(H,31,36)/t25-,26+/m0/s1. The van der Waals surface area contributed by atoms with Crippen LogP contribution in [0.15, 0.2) is 41.3 Å². The molecule has 1 aliphatic heterocycles. The normalized spacial score (nSPS) is 19.3. The topological polar surface area (TPSA) is 92.7 Å². The third-order valence-electron chi connectivity index (χ3n) is 7.49. The van der Waals surface area contributed by atoms with Crippen LogP contribution in [0.3, 0.4) is 0 Å². The summed E-state index contributed by atoms with van der Waals surface area (Å²) in [5, 5.41) is 6.69. The zero-order chi connectivity index (χ0) is 26.4. The average molecular weight is 509 g/mol. The molecule has 2 atom stereocenters. The molecule has 1 aromatic heterocycles. The van der Waals surface area contributed by atoms with Gasteiger partial charge in [-0.3, -0.25) is 9.59 Å². The Bertz CT molecular complexity index is 1160. The summed E-state index contributed by atoms with van der Waals surface area (Å²) in [6.07, 6.45) is 6.68. The molecule has 0 radical (unpaired) electrons. The Hall–Kier alpha value is -3.13. The molecular formula is C29H40N4O4. The molecule has 8 nitrogen and oxygen atoms in total. The third kappa shape index (κ3) is 7.22. The Morgan fingerprint density at radius 3 is 2.73 bits per heavy atom. The van der Waals surface area contributed by atoms with Crippen molar-refractivity contribution < 1.29 is 14.3 Å². The number of aryl methyl sites for hydroxylation is 3. The van der Waals surface area contributed by atoms with Gasteiger partial charge in [-0.2, -0.15) is 0 Å². The highest BCUT2D eigenvalue weighted by atomic mass is 16.5. The molecule has 1 aromatic carbocycles. The fourth-order valence-electron chi connectivity index (χ4n) is 5.14. The fraction of sp³-hybridized carbons (Fsp3) is 0.552. The molecule has 1 saturated heterocycles. The molecule has 2 aromatic rings. The summed E-state index contributed by atoms with van der Waals surface area (Å²) < 4.78 is 6.61. The molecule has 200 valence electrons. The van der Waals surface area contributed by atoms with Crippen LogP contribution in [-0.4, -0.2) is 53.2 Å². The summed E-state index contributed by atoms with van der Waals surface area (Å²) in [7, 11) is 1.75. The van der Waals surface area contributed by atoms with Gasteiger partial charge in [-0.25, -0.2) is 4.79 Å². The van der Waals surface area contributed by atoms with Crippen molar-refractivity contribution in [3.8, 4) is 0 Å². The molecule has 0 unspecified atom stereocenters. The van der Waals surface area contributed by atoms with Gasteiger partial charge in [0.15, 0.2) is 0 Å². The molecule has 0 spiro atoms. The van der Waals surface area contributed by atoms with Crippen molar-refractivity contribution in [1.82, 2.24) is 20.1 Å². The Labute approximate surface area is 219 Å². The number of piperidine rings is 1. The smallest absolute Gasteiger partial charge is 0.318 e. The maximum atomic E-state index is 13.5. The van der Waals surface area contributed by atoms with Crippen molar-refractivity contribution in [3.63, 3.8) is 0 Å². The van der Waals surface area contributed by atoms with E-state index in [0.29, 0.717) is 26.1 Å². The lowest BCUT2D eigenvalue weighted by Gasteiger charge is -2.35. The van der Waals surface area contributed by atoms with Crippen molar-refractivity contribution in [3.05, 3.63) is 69.1 Å². The monoisotopic (exact) mass is 508 g/mol. The first-order chi connectivity index (χ1) is 17.9. The molecular weight excluding hydrogens is 468 g/mol. The number of pyridine rings is 1. The predicted molar refractivity (Wildman–Crippen MR) is 144 cm³/mol. The van der Waals surface area contributed by atoms with E-state index in [1.165, 1.54) is 11.1 Å². The highest BCUT2D eigenvalue weighted by Crippen LogP contribution is 2.30. The second-order valence-electron chi connectivity index (χ2n) is 10.3. The summed E-state index contributed by atoms with van der Waals surface area (Å²) in [5.74, 6) is -0.0511. The summed E-state index contributed by atoms with van der Waals surface area (Å²) >= 11 is 0. The lowest BCUT2D eigenvalue weighted by Crippen LogP contribution is -2.53. The van der Waals surface area contributed by atoms with Crippen molar-refractivity contribution in [1.29, 1.82) is 0 Å². The van der Waals surface area contributed by atoms with Crippen LogP contribution in [0, 0.1) is 6.92 Å². The average Bonchev–Trinajstić information content (AvgIpc) is 3.72. The Kier molecular flexibility index (Phi) is 9.03. The van der Waals surface area contributed by atoms with Crippen LogP contribution < -0.4 is 16.2 Å². The fourth-order valence-corrected chi connectivity index (χ4v) is 5.14. The molecule has 2 amide bonds. The number of rotatable bonds is 10. The lowest BCUT2D eigenvalue weighted by atomic mass is 9.86. The number of carbonyl (C=O) groups is 2. The van der Waals surface area contributed by atoms with E-state index in [-0.39, 0.29) is 35.6 Å². The first-order valence-corrected chi connectivity index (χ1v) is 13.5. The SMILES string of the molecule is CCOC(=O)CCCc1cc(CN(C(=O)N[C@@H]2CNCC[C@H]2c2ccn(C)c(=O)c2)C2CC2)ccc1C. The maximum absolute atomic E-state index is 13.5. The van der Waals surface area contributed by atoms with Crippen LogP contribution >= 0.6 is 0 Å². The van der Waals surface area contributed by atoms with Gasteiger partial charge in [0.2, 0.25) is 0 Å². The van der Waals surface area contributed by atoms with Gasteiger partial charge in [0.25, 0.3) is 5.56 Å². The van der Waals surface area contributed by atoms with E-state index >= 15 is 0 Å². The number of ether oxygens (including phenoxy) is 1. The summed E-state index contributed by atoms with van der Waals surface area (Å²) in [6, 6.07) is 10.2.